The molecule has 4 aromatic rings. The first kappa shape index (κ1) is 23.5. The highest BCUT2D eigenvalue weighted by Crippen LogP contribution is 2.36. The van der Waals surface area contributed by atoms with Gasteiger partial charge in [0, 0.05) is 34.3 Å². The smallest absolute Gasteiger partial charge is 0.262 e. The number of nitrogens with zero attached hydrogens (tertiary/aromatic N) is 3. The van der Waals surface area contributed by atoms with Gasteiger partial charge in [0.1, 0.15) is 10.9 Å². The number of hydrogen-bond acceptors (Lipinski definition) is 7. The van der Waals surface area contributed by atoms with Gasteiger partial charge < -0.3 is 21.8 Å². The molecule has 0 saturated heterocycles. The standard InChI is InChI=1S/C19H15Cl2N7O2S.CH4/c20-8-1-2-10(12(21)3-8)15-11-5-14(31-18(11)28-19(23)27-15)17(30)26-13(16(22)29)4-9-6-24-7-25-9;/h1-3,5-7,13H,4H2,(H2,22,29)(H,24,25)(H,26,30)(H2,23,27,28);1H4/t13-;/m0./s1. The van der Waals surface area contributed by atoms with Gasteiger partial charge in [0.25, 0.3) is 5.91 Å². The van der Waals surface area contributed by atoms with Gasteiger partial charge in [0.2, 0.25) is 11.9 Å². The maximum Gasteiger partial charge on any atom is 0.262 e. The maximum absolute atomic E-state index is 12.8. The molecule has 4 rings (SSSR count). The molecule has 0 unspecified atom stereocenters. The Morgan fingerprint density at radius 1 is 1.22 bits per heavy atom. The monoisotopic (exact) mass is 491 g/mol. The second-order valence-corrected chi connectivity index (χ2v) is 8.47. The van der Waals surface area contributed by atoms with Crippen molar-refractivity contribution in [1.82, 2.24) is 25.3 Å². The lowest BCUT2D eigenvalue weighted by atomic mass is 10.1. The summed E-state index contributed by atoms with van der Waals surface area (Å²) in [5, 5.41) is 4.11. The number of aromatic amines is 1. The van der Waals surface area contributed by atoms with Crippen molar-refractivity contribution < 1.29 is 9.59 Å². The number of carbonyl (C=O) groups is 2. The van der Waals surface area contributed by atoms with Crippen molar-refractivity contribution in [3.8, 4) is 11.3 Å². The van der Waals surface area contributed by atoms with Crippen molar-refractivity contribution in [3.05, 3.63) is 57.4 Å². The number of aromatic nitrogens is 4. The van der Waals surface area contributed by atoms with Gasteiger partial charge >= 0.3 is 0 Å². The summed E-state index contributed by atoms with van der Waals surface area (Å²) in [6.07, 6.45) is 3.22. The summed E-state index contributed by atoms with van der Waals surface area (Å²) < 4.78 is 0. The average molecular weight is 492 g/mol. The lowest BCUT2D eigenvalue weighted by Crippen LogP contribution is -2.45. The Morgan fingerprint density at radius 3 is 2.66 bits per heavy atom. The van der Waals surface area contributed by atoms with Crippen LogP contribution in [0.25, 0.3) is 21.5 Å². The van der Waals surface area contributed by atoms with E-state index in [1.165, 1.54) is 6.33 Å². The molecule has 3 aromatic heterocycles. The number of nitrogens with one attached hydrogen (secondary N) is 2. The molecule has 3 heterocycles. The van der Waals surface area contributed by atoms with Gasteiger partial charge in [-0.15, -0.1) is 11.3 Å². The molecular weight excluding hydrogens is 473 g/mol. The van der Waals surface area contributed by atoms with E-state index < -0.39 is 17.9 Å². The van der Waals surface area contributed by atoms with Crippen LogP contribution in [0.1, 0.15) is 22.8 Å². The van der Waals surface area contributed by atoms with E-state index in [1.807, 2.05) is 0 Å². The number of carbonyl (C=O) groups excluding carboxylic acids is 2. The third-order valence-corrected chi connectivity index (χ3v) is 6.02. The minimum absolute atomic E-state index is 0. The fourth-order valence-corrected chi connectivity index (χ4v) is 4.44. The van der Waals surface area contributed by atoms with Crippen LogP contribution in [-0.4, -0.2) is 37.8 Å². The number of thiophene rings is 1. The van der Waals surface area contributed by atoms with Crippen LogP contribution in [-0.2, 0) is 11.2 Å². The molecule has 0 fully saturated rings. The zero-order valence-electron chi connectivity index (χ0n) is 15.7. The van der Waals surface area contributed by atoms with E-state index in [0.29, 0.717) is 42.1 Å². The summed E-state index contributed by atoms with van der Waals surface area (Å²) in [6.45, 7) is 0. The minimum Gasteiger partial charge on any atom is -0.368 e. The Bertz CT molecular complexity index is 1290. The highest BCUT2D eigenvalue weighted by molar-refractivity contribution is 7.20. The molecule has 9 nitrogen and oxygen atoms in total. The van der Waals surface area contributed by atoms with Crippen LogP contribution in [0, 0.1) is 0 Å². The number of nitrogen functional groups attached to an aromatic ring is 1. The van der Waals surface area contributed by atoms with E-state index in [-0.39, 0.29) is 19.8 Å². The molecule has 0 aliphatic carbocycles. The van der Waals surface area contributed by atoms with Crippen molar-refractivity contribution in [3.63, 3.8) is 0 Å². The number of nitrogens with two attached hydrogens (primary N) is 2. The van der Waals surface area contributed by atoms with Gasteiger partial charge in [-0.25, -0.2) is 15.0 Å². The molecule has 0 saturated carbocycles. The molecule has 0 spiro atoms. The van der Waals surface area contributed by atoms with Crippen LogP contribution in [0.4, 0.5) is 5.95 Å². The predicted molar refractivity (Wildman–Crippen MR) is 127 cm³/mol. The van der Waals surface area contributed by atoms with Crippen molar-refractivity contribution in [2.45, 2.75) is 19.9 Å². The Labute approximate surface area is 197 Å². The van der Waals surface area contributed by atoms with E-state index in [9.17, 15) is 9.59 Å². The molecule has 0 aliphatic heterocycles. The van der Waals surface area contributed by atoms with E-state index in [4.69, 9.17) is 34.7 Å². The largest absolute Gasteiger partial charge is 0.368 e. The van der Waals surface area contributed by atoms with Gasteiger partial charge in [-0.3, -0.25) is 9.59 Å². The molecule has 0 aliphatic rings. The third kappa shape index (κ3) is 4.82. The highest BCUT2D eigenvalue weighted by Gasteiger charge is 2.23. The SMILES string of the molecule is C.NC(=O)[C@H](Cc1cnc[nH]1)NC(=O)c1cc2c(-c3ccc(Cl)cc3Cl)nc(N)nc2s1. The third-order valence-electron chi connectivity index (χ3n) is 4.45. The lowest BCUT2D eigenvalue weighted by Gasteiger charge is -2.13. The fraction of sp³-hybridized carbons (Fsp3) is 0.150. The molecule has 2 amide bonds. The molecule has 1 atom stereocenters. The topological polar surface area (TPSA) is 153 Å². The number of rotatable bonds is 6. The molecule has 6 N–H and O–H groups in total. The molecule has 166 valence electrons. The van der Waals surface area contributed by atoms with Crippen LogP contribution in [0.5, 0.6) is 0 Å². The van der Waals surface area contributed by atoms with Gasteiger partial charge in [-0.05, 0) is 24.3 Å². The number of hydrogen-bond donors (Lipinski definition) is 4. The van der Waals surface area contributed by atoms with Crippen molar-refractivity contribution >= 4 is 62.5 Å². The molecule has 1 aromatic carbocycles. The van der Waals surface area contributed by atoms with Crippen LogP contribution < -0.4 is 16.8 Å². The average Bonchev–Trinajstić information content (AvgIpc) is 3.36. The summed E-state index contributed by atoms with van der Waals surface area (Å²) >= 11 is 13.4. The van der Waals surface area contributed by atoms with Gasteiger partial charge in [-0.2, -0.15) is 0 Å². The first-order valence-electron chi connectivity index (χ1n) is 8.91. The predicted octanol–water partition coefficient (Wildman–Crippen LogP) is 3.43. The fourth-order valence-electron chi connectivity index (χ4n) is 3.01. The van der Waals surface area contributed by atoms with Gasteiger partial charge in [0.15, 0.2) is 0 Å². The second-order valence-electron chi connectivity index (χ2n) is 6.59. The molecular formula is C20H19Cl2N7O2S. The van der Waals surface area contributed by atoms with Crippen LogP contribution >= 0.6 is 34.5 Å². The number of amides is 2. The quantitative estimate of drug-likeness (QED) is 0.324. The molecule has 0 radical (unpaired) electrons. The number of halogens is 2. The van der Waals surface area contributed by atoms with E-state index in [0.717, 1.165) is 11.3 Å². The normalized spacial score (nSPS) is 11.7. The number of imidazole rings is 1. The Hall–Kier alpha value is -3.21. The lowest BCUT2D eigenvalue weighted by molar-refractivity contribution is -0.119. The number of primary amides is 1. The molecule has 32 heavy (non-hydrogen) atoms. The molecule has 0 bridgehead atoms. The summed E-state index contributed by atoms with van der Waals surface area (Å²) in [6, 6.07) is 5.70. The summed E-state index contributed by atoms with van der Waals surface area (Å²) in [4.78, 5) is 40.8. The number of fused-ring (bicyclic) bond motifs is 1. The van der Waals surface area contributed by atoms with Crippen molar-refractivity contribution in [1.29, 1.82) is 0 Å². The van der Waals surface area contributed by atoms with Crippen molar-refractivity contribution in [2.24, 2.45) is 5.73 Å². The van der Waals surface area contributed by atoms with E-state index in [1.54, 1.807) is 30.5 Å². The Balaban J connectivity index is 0.00000289. The van der Waals surface area contributed by atoms with Crippen LogP contribution in [0.2, 0.25) is 10.0 Å². The van der Waals surface area contributed by atoms with Gasteiger partial charge in [0.05, 0.1) is 21.9 Å². The Kier molecular flexibility index (Phi) is 6.97. The van der Waals surface area contributed by atoms with Crippen molar-refractivity contribution in [2.75, 3.05) is 5.73 Å². The van der Waals surface area contributed by atoms with Crippen LogP contribution in [0.3, 0.4) is 0 Å². The summed E-state index contributed by atoms with van der Waals surface area (Å²) in [7, 11) is 0. The zero-order chi connectivity index (χ0) is 22.1. The first-order valence-corrected chi connectivity index (χ1v) is 10.5. The van der Waals surface area contributed by atoms with E-state index in [2.05, 4.69) is 25.3 Å². The van der Waals surface area contributed by atoms with Crippen LogP contribution in [0.15, 0.2) is 36.8 Å². The van der Waals surface area contributed by atoms with E-state index >= 15 is 0 Å². The number of anilines is 1. The first-order chi connectivity index (χ1) is 14.8. The number of benzene rings is 1. The summed E-state index contributed by atoms with van der Waals surface area (Å²) in [5.41, 5.74) is 13.1. The Morgan fingerprint density at radius 2 is 2.00 bits per heavy atom. The maximum atomic E-state index is 12.8. The second kappa shape index (κ2) is 9.51. The van der Waals surface area contributed by atoms with Gasteiger partial charge in [-0.1, -0.05) is 30.6 Å². The minimum atomic E-state index is -0.917. The zero-order valence-corrected chi connectivity index (χ0v) is 18.1. The highest BCUT2D eigenvalue weighted by atomic mass is 35.5. The molecule has 12 heteroatoms. The number of H-pyrrole nitrogens is 1. The summed E-state index contributed by atoms with van der Waals surface area (Å²) in [5.74, 6) is -1.10.